The number of carbonyl (C=O) groups is 1. The van der Waals surface area contributed by atoms with Crippen LogP contribution in [0.4, 0.5) is 5.82 Å². The minimum absolute atomic E-state index is 0.0998. The molecule has 106 valence electrons. The van der Waals surface area contributed by atoms with Crippen LogP contribution in [0, 0.1) is 12.3 Å². The SMILES string of the molecule is C#CCNC(=O)c1ccc(N(CCO)C2CCC2)nc1. The van der Waals surface area contributed by atoms with Crippen molar-refractivity contribution in [3.05, 3.63) is 23.9 Å². The number of carbonyl (C=O) groups excluding carboxylic acids is 1. The molecule has 1 heterocycles. The lowest BCUT2D eigenvalue weighted by Crippen LogP contribution is -2.42. The predicted octanol–water partition coefficient (Wildman–Crippen LogP) is 0.796. The summed E-state index contributed by atoms with van der Waals surface area (Å²) in [5.41, 5.74) is 0.488. The number of rotatable bonds is 6. The van der Waals surface area contributed by atoms with Gasteiger partial charge in [0.15, 0.2) is 0 Å². The Hall–Kier alpha value is -2.06. The maximum Gasteiger partial charge on any atom is 0.253 e. The van der Waals surface area contributed by atoms with Crippen molar-refractivity contribution < 1.29 is 9.90 Å². The van der Waals surface area contributed by atoms with Gasteiger partial charge in [0.25, 0.3) is 5.91 Å². The summed E-state index contributed by atoms with van der Waals surface area (Å²) in [6.45, 7) is 0.877. The summed E-state index contributed by atoms with van der Waals surface area (Å²) in [6, 6.07) is 4.01. The van der Waals surface area contributed by atoms with E-state index in [-0.39, 0.29) is 19.1 Å². The minimum atomic E-state index is -0.223. The summed E-state index contributed by atoms with van der Waals surface area (Å²) in [6.07, 6.45) is 10.1. The molecule has 0 saturated heterocycles. The van der Waals surface area contributed by atoms with Crippen LogP contribution in [-0.2, 0) is 0 Å². The second kappa shape index (κ2) is 6.92. The van der Waals surface area contributed by atoms with Gasteiger partial charge in [-0.15, -0.1) is 6.42 Å². The fourth-order valence-electron chi connectivity index (χ4n) is 2.21. The summed E-state index contributed by atoms with van der Waals surface area (Å²) in [5, 5.41) is 11.8. The monoisotopic (exact) mass is 273 g/mol. The molecule has 0 unspecified atom stereocenters. The van der Waals surface area contributed by atoms with E-state index in [2.05, 4.69) is 21.1 Å². The van der Waals surface area contributed by atoms with E-state index in [0.717, 1.165) is 18.7 Å². The molecule has 2 N–H and O–H groups in total. The molecule has 2 rings (SSSR count). The van der Waals surface area contributed by atoms with Crippen molar-refractivity contribution in [3.63, 3.8) is 0 Å². The number of pyridine rings is 1. The van der Waals surface area contributed by atoms with Gasteiger partial charge in [0.05, 0.1) is 18.7 Å². The quantitative estimate of drug-likeness (QED) is 0.752. The Labute approximate surface area is 119 Å². The number of nitrogens with zero attached hydrogens (tertiary/aromatic N) is 2. The van der Waals surface area contributed by atoms with Gasteiger partial charge in [-0.3, -0.25) is 4.79 Å². The molecule has 5 heteroatoms. The zero-order valence-electron chi connectivity index (χ0n) is 11.4. The summed E-state index contributed by atoms with van der Waals surface area (Å²) < 4.78 is 0. The molecular formula is C15H19N3O2. The number of amides is 1. The number of aromatic nitrogens is 1. The molecule has 5 nitrogen and oxygen atoms in total. The summed E-state index contributed by atoms with van der Waals surface area (Å²) in [7, 11) is 0. The number of hydrogen-bond acceptors (Lipinski definition) is 4. The molecule has 1 saturated carbocycles. The lowest BCUT2D eigenvalue weighted by molar-refractivity contribution is 0.0958. The van der Waals surface area contributed by atoms with E-state index >= 15 is 0 Å². The maximum absolute atomic E-state index is 11.7. The van der Waals surface area contributed by atoms with Crippen molar-refractivity contribution >= 4 is 11.7 Å². The van der Waals surface area contributed by atoms with E-state index < -0.39 is 0 Å². The van der Waals surface area contributed by atoms with Gasteiger partial charge in [-0.1, -0.05) is 5.92 Å². The number of aliphatic hydroxyl groups excluding tert-OH is 1. The van der Waals surface area contributed by atoms with Gasteiger partial charge in [0.1, 0.15) is 5.82 Å². The van der Waals surface area contributed by atoms with Crippen LogP contribution < -0.4 is 10.2 Å². The van der Waals surface area contributed by atoms with Crippen molar-refractivity contribution in [2.75, 3.05) is 24.6 Å². The fourth-order valence-corrected chi connectivity index (χ4v) is 2.21. The van der Waals surface area contributed by atoms with Gasteiger partial charge >= 0.3 is 0 Å². The standard InChI is InChI=1S/C15H19N3O2/c1-2-8-16-15(20)12-6-7-14(17-11-12)18(9-10-19)13-4-3-5-13/h1,6-7,11,13,19H,3-5,8-10H2,(H,16,20). The van der Waals surface area contributed by atoms with Crippen molar-refractivity contribution in [1.29, 1.82) is 0 Å². The third-order valence-electron chi connectivity index (χ3n) is 3.51. The number of aliphatic hydroxyl groups is 1. The molecule has 0 spiro atoms. The van der Waals surface area contributed by atoms with Crippen LogP contribution in [-0.4, -0.2) is 41.7 Å². The average molecular weight is 273 g/mol. The number of terminal acetylenes is 1. The third kappa shape index (κ3) is 3.28. The Morgan fingerprint density at radius 3 is 2.85 bits per heavy atom. The van der Waals surface area contributed by atoms with Crippen LogP contribution >= 0.6 is 0 Å². The molecule has 1 fully saturated rings. The molecule has 1 aromatic rings. The zero-order chi connectivity index (χ0) is 14.4. The van der Waals surface area contributed by atoms with E-state index in [1.807, 2.05) is 6.07 Å². The Bertz CT molecular complexity index is 489. The van der Waals surface area contributed by atoms with E-state index in [0.29, 0.717) is 18.2 Å². The number of nitrogens with one attached hydrogen (secondary N) is 1. The molecule has 1 amide bonds. The molecule has 1 aliphatic carbocycles. The lowest BCUT2D eigenvalue weighted by atomic mass is 9.91. The molecule has 0 aliphatic heterocycles. The van der Waals surface area contributed by atoms with E-state index in [4.69, 9.17) is 11.5 Å². The molecule has 0 aromatic carbocycles. The second-order valence-corrected chi connectivity index (χ2v) is 4.79. The first-order chi connectivity index (χ1) is 9.76. The second-order valence-electron chi connectivity index (χ2n) is 4.79. The number of anilines is 1. The van der Waals surface area contributed by atoms with Crippen LogP contribution in [0.25, 0.3) is 0 Å². The van der Waals surface area contributed by atoms with Crippen molar-refractivity contribution in [2.45, 2.75) is 25.3 Å². The summed E-state index contributed by atoms with van der Waals surface area (Å²) >= 11 is 0. The topological polar surface area (TPSA) is 65.5 Å². The van der Waals surface area contributed by atoms with Crippen molar-refractivity contribution in [3.8, 4) is 12.3 Å². The summed E-state index contributed by atoms with van der Waals surface area (Å²) in [5.74, 6) is 2.94. The minimum Gasteiger partial charge on any atom is -0.395 e. The largest absolute Gasteiger partial charge is 0.395 e. The van der Waals surface area contributed by atoms with Gasteiger partial charge in [-0.05, 0) is 31.4 Å². The van der Waals surface area contributed by atoms with E-state index in [9.17, 15) is 4.79 Å². The van der Waals surface area contributed by atoms with E-state index in [1.165, 1.54) is 6.42 Å². The smallest absolute Gasteiger partial charge is 0.253 e. The first-order valence-corrected chi connectivity index (χ1v) is 6.81. The van der Waals surface area contributed by atoms with Gasteiger partial charge in [-0.2, -0.15) is 0 Å². The zero-order valence-corrected chi connectivity index (χ0v) is 11.4. The highest BCUT2D eigenvalue weighted by Crippen LogP contribution is 2.28. The first kappa shape index (κ1) is 14.4. The van der Waals surface area contributed by atoms with Gasteiger partial charge in [-0.25, -0.2) is 4.98 Å². The predicted molar refractivity (Wildman–Crippen MR) is 77.5 cm³/mol. The maximum atomic E-state index is 11.7. The molecule has 0 bridgehead atoms. The fraction of sp³-hybridized carbons (Fsp3) is 0.467. The Morgan fingerprint density at radius 2 is 2.35 bits per heavy atom. The van der Waals surface area contributed by atoms with Crippen LogP contribution in [0.2, 0.25) is 0 Å². The Morgan fingerprint density at radius 1 is 1.55 bits per heavy atom. The van der Waals surface area contributed by atoms with Crippen molar-refractivity contribution in [1.82, 2.24) is 10.3 Å². The van der Waals surface area contributed by atoms with Crippen molar-refractivity contribution in [2.24, 2.45) is 0 Å². The Balaban J connectivity index is 2.05. The number of hydrogen-bond donors (Lipinski definition) is 2. The molecule has 1 aromatic heterocycles. The molecular weight excluding hydrogens is 254 g/mol. The van der Waals surface area contributed by atoms with Gasteiger partial charge in [0.2, 0.25) is 0 Å². The molecule has 1 aliphatic rings. The highest BCUT2D eigenvalue weighted by molar-refractivity contribution is 5.94. The van der Waals surface area contributed by atoms with Crippen LogP contribution in [0.5, 0.6) is 0 Å². The normalized spacial score (nSPS) is 14.2. The van der Waals surface area contributed by atoms with Crippen LogP contribution in [0.1, 0.15) is 29.6 Å². The molecule has 0 radical (unpaired) electrons. The van der Waals surface area contributed by atoms with Gasteiger partial charge < -0.3 is 15.3 Å². The molecule has 0 atom stereocenters. The van der Waals surface area contributed by atoms with Crippen LogP contribution in [0.3, 0.4) is 0 Å². The molecule has 20 heavy (non-hydrogen) atoms. The lowest BCUT2D eigenvalue weighted by Gasteiger charge is -2.38. The van der Waals surface area contributed by atoms with Gasteiger partial charge in [0, 0.05) is 18.8 Å². The highest BCUT2D eigenvalue weighted by atomic mass is 16.3. The first-order valence-electron chi connectivity index (χ1n) is 6.81. The average Bonchev–Trinajstić information content (AvgIpc) is 2.42. The van der Waals surface area contributed by atoms with Crippen LogP contribution in [0.15, 0.2) is 18.3 Å². The Kier molecular flexibility index (Phi) is 4.97. The van der Waals surface area contributed by atoms with E-state index in [1.54, 1.807) is 12.3 Å². The summed E-state index contributed by atoms with van der Waals surface area (Å²) in [4.78, 5) is 18.1. The highest BCUT2D eigenvalue weighted by Gasteiger charge is 2.25. The third-order valence-corrected chi connectivity index (χ3v) is 3.51.